The largest absolute Gasteiger partial charge is 0.385 e. The Hall–Kier alpha value is -1.57. The molecular weight excluding hydrogens is 336 g/mol. The Kier molecular flexibility index (Phi) is 6.88. The molecular formula is C15H19ClN4O2S. The Bertz CT molecular complexity index is 663. The van der Waals surface area contributed by atoms with E-state index < -0.39 is 0 Å². The van der Waals surface area contributed by atoms with Crippen molar-refractivity contribution in [3.8, 4) is 11.4 Å². The summed E-state index contributed by atoms with van der Waals surface area (Å²) >= 11 is 7.73. The molecule has 2 rings (SSSR count). The van der Waals surface area contributed by atoms with Crippen LogP contribution >= 0.6 is 23.4 Å². The number of halogens is 1. The van der Waals surface area contributed by atoms with Crippen LogP contribution in [0.1, 0.15) is 12.8 Å². The molecule has 8 heteroatoms. The van der Waals surface area contributed by atoms with E-state index in [1.807, 2.05) is 28.8 Å². The van der Waals surface area contributed by atoms with Crippen LogP contribution in [0.5, 0.6) is 0 Å². The minimum absolute atomic E-state index is 0.303. The van der Waals surface area contributed by atoms with Crippen LogP contribution in [0.15, 0.2) is 29.4 Å². The third-order valence-corrected chi connectivity index (χ3v) is 4.44. The second-order valence-corrected chi connectivity index (χ2v) is 6.32. The van der Waals surface area contributed by atoms with E-state index in [1.165, 1.54) is 11.8 Å². The van der Waals surface area contributed by atoms with Gasteiger partial charge in [-0.1, -0.05) is 35.5 Å². The molecule has 1 aromatic heterocycles. The average Bonchev–Trinajstić information content (AvgIpc) is 2.91. The van der Waals surface area contributed by atoms with Gasteiger partial charge in [-0.2, -0.15) is 0 Å². The van der Waals surface area contributed by atoms with Crippen molar-refractivity contribution >= 4 is 29.3 Å². The summed E-state index contributed by atoms with van der Waals surface area (Å²) in [6, 6.07) is 7.53. The van der Waals surface area contributed by atoms with E-state index in [1.54, 1.807) is 7.11 Å². The van der Waals surface area contributed by atoms with E-state index in [4.69, 9.17) is 22.1 Å². The number of thioether (sulfide) groups is 1. The van der Waals surface area contributed by atoms with Crippen LogP contribution in [-0.4, -0.2) is 40.1 Å². The third kappa shape index (κ3) is 4.95. The van der Waals surface area contributed by atoms with Crippen molar-refractivity contribution in [1.82, 2.24) is 14.8 Å². The van der Waals surface area contributed by atoms with Crippen LogP contribution in [0.4, 0.5) is 0 Å². The molecule has 0 aliphatic rings. The summed E-state index contributed by atoms with van der Waals surface area (Å²) < 4.78 is 7.12. The van der Waals surface area contributed by atoms with E-state index in [2.05, 4.69) is 10.2 Å². The van der Waals surface area contributed by atoms with Crippen LogP contribution in [0, 0.1) is 0 Å². The zero-order valence-electron chi connectivity index (χ0n) is 12.9. The maximum Gasteiger partial charge on any atom is 0.218 e. The molecule has 0 saturated carbocycles. The van der Waals surface area contributed by atoms with Gasteiger partial charge in [0.1, 0.15) is 0 Å². The number of hydrogen-bond donors (Lipinski definition) is 1. The van der Waals surface area contributed by atoms with Crippen LogP contribution in [0.25, 0.3) is 11.4 Å². The van der Waals surface area contributed by atoms with Gasteiger partial charge in [-0.25, -0.2) is 0 Å². The molecule has 0 aliphatic carbocycles. The lowest BCUT2D eigenvalue weighted by atomic mass is 10.2. The minimum atomic E-state index is -0.325. The number of ether oxygens (including phenoxy) is 1. The van der Waals surface area contributed by atoms with Gasteiger partial charge in [-0.15, -0.1) is 10.2 Å². The van der Waals surface area contributed by atoms with Gasteiger partial charge in [-0.05, 0) is 18.6 Å². The Labute approximate surface area is 144 Å². The highest BCUT2D eigenvalue weighted by molar-refractivity contribution is 7.99. The lowest BCUT2D eigenvalue weighted by molar-refractivity contribution is -0.117. The molecule has 0 saturated heterocycles. The fraction of sp³-hybridized carbons (Fsp3) is 0.400. The van der Waals surface area contributed by atoms with Crippen molar-refractivity contribution in [3.05, 3.63) is 29.3 Å². The number of rotatable bonds is 9. The summed E-state index contributed by atoms with van der Waals surface area (Å²) in [5.41, 5.74) is 6.01. The normalized spacial score (nSPS) is 10.9. The molecule has 6 nitrogen and oxygen atoms in total. The Balaban J connectivity index is 2.25. The molecule has 0 radical (unpaired) electrons. The number of benzene rings is 1. The highest BCUT2D eigenvalue weighted by Crippen LogP contribution is 2.29. The number of primary amides is 1. The molecule has 23 heavy (non-hydrogen) atoms. The molecule has 2 aromatic rings. The van der Waals surface area contributed by atoms with Gasteiger partial charge in [0.2, 0.25) is 5.91 Å². The maximum atomic E-state index is 10.9. The number of aromatic nitrogens is 3. The smallest absolute Gasteiger partial charge is 0.218 e. The van der Waals surface area contributed by atoms with Crippen LogP contribution in [-0.2, 0) is 16.1 Å². The number of carbonyl (C=O) groups is 1. The Morgan fingerprint density at radius 1 is 1.39 bits per heavy atom. The summed E-state index contributed by atoms with van der Waals surface area (Å²) in [5.74, 6) is 0.961. The summed E-state index contributed by atoms with van der Waals surface area (Å²) in [6.07, 6.45) is 1.13. The van der Waals surface area contributed by atoms with Crippen molar-refractivity contribution in [1.29, 1.82) is 0 Å². The van der Waals surface area contributed by atoms with Crippen LogP contribution in [0.2, 0.25) is 5.02 Å². The SMILES string of the molecule is COCCCn1c(SCCC(N)=O)nnc1-c1ccccc1Cl. The Morgan fingerprint density at radius 3 is 2.87 bits per heavy atom. The topological polar surface area (TPSA) is 83.0 Å². The summed E-state index contributed by atoms with van der Waals surface area (Å²) in [4.78, 5) is 10.9. The lowest BCUT2D eigenvalue weighted by Gasteiger charge is -2.10. The zero-order valence-corrected chi connectivity index (χ0v) is 14.4. The zero-order chi connectivity index (χ0) is 16.7. The summed E-state index contributed by atoms with van der Waals surface area (Å²) in [6.45, 7) is 1.35. The van der Waals surface area contributed by atoms with Crippen LogP contribution < -0.4 is 5.73 Å². The van der Waals surface area contributed by atoms with Crippen molar-refractivity contribution < 1.29 is 9.53 Å². The number of amides is 1. The van der Waals surface area contributed by atoms with Gasteiger partial charge < -0.3 is 15.0 Å². The molecule has 0 bridgehead atoms. The first-order chi connectivity index (χ1) is 11.1. The Morgan fingerprint density at radius 2 is 2.17 bits per heavy atom. The van der Waals surface area contributed by atoms with E-state index in [-0.39, 0.29) is 5.91 Å². The summed E-state index contributed by atoms with van der Waals surface area (Å²) in [5, 5.41) is 9.88. The molecule has 0 spiro atoms. The highest BCUT2D eigenvalue weighted by atomic mass is 35.5. The van der Waals surface area contributed by atoms with E-state index in [0.717, 1.165) is 17.1 Å². The van der Waals surface area contributed by atoms with Crippen LogP contribution in [0.3, 0.4) is 0 Å². The van der Waals surface area contributed by atoms with Gasteiger partial charge in [-0.3, -0.25) is 4.79 Å². The fourth-order valence-electron chi connectivity index (χ4n) is 2.05. The number of hydrogen-bond acceptors (Lipinski definition) is 5. The number of carbonyl (C=O) groups excluding carboxylic acids is 1. The predicted molar refractivity (Wildman–Crippen MR) is 91.5 cm³/mol. The van der Waals surface area contributed by atoms with Gasteiger partial charge in [0, 0.05) is 38.0 Å². The van der Waals surface area contributed by atoms with Gasteiger partial charge in [0.05, 0.1) is 5.02 Å². The first kappa shape index (κ1) is 17.8. The monoisotopic (exact) mass is 354 g/mol. The van der Waals surface area contributed by atoms with Gasteiger partial charge >= 0.3 is 0 Å². The van der Waals surface area contributed by atoms with Gasteiger partial charge in [0.25, 0.3) is 0 Å². The first-order valence-electron chi connectivity index (χ1n) is 7.21. The molecule has 0 fully saturated rings. The van der Waals surface area contributed by atoms with Crippen molar-refractivity contribution in [3.63, 3.8) is 0 Å². The average molecular weight is 355 g/mol. The predicted octanol–water partition coefficient (Wildman–Crippen LogP) is 2.60. The standard InChI is InChI=1S/C15H19ClN4O2S/c1-22-9-4-8-20-14(11-5-2-3-6-12(11)16)18-19-15(20)23-10-7-13(17)21/h2-3,5-6H,4,7-10H2,1H3,(H2,17,21). The highest BCUT2D eigenvalue weighted by Gasteiger charge is 2.16. The fourth-order valence-corrected chi connectivity index (χ4v) is 3.19. The van der Waals surface area contributed by atoms with Crippen molar-refractivity contribution in [2.75, 3.05) is 19.5 Å². The second kappa shape index (κ2) is 8.90. The van der Waals surface area contributed by atoms with E-state index >= 15 is 0 Å². The minimum Gasteiger partial charge on any atom is -0.385 e. The van der Waals surface area contributed by atoms with E-state index in [0.29, 0.717) is 36.2 Å². The quantitative estimate of drug-likeness (QED) is 0.552. The molecule has 1 amide bonds. The van der Waals surface area contributed by atoms with Gasteiger partial charge in [0.15, 0.2) is 11.0 Å². The number of nitrogens with two attached hydrogens (primary N) is 1. The summed E-state index contributed by atoms with van der Waals surface area (Å²) in [7, 11) is 1.67. The first-order valence-corrected chi connectivity index (χ1v) is 8.58. The number of methoxy groups -OCH3 is 1. The molecule has 0 atom stereocenters. The lowest BCUT2D eigenvalue weighted by Crippen LogP contribution is -2.11. The van der Waals surface area contributed by atoms with E-state index in [9.17, 15) is 4.79 Å². The second-order valence-electron chi connectivity index (χ2n) is 4.85. The molecule has 1 aromatic carbocycles. The molecule has 124 valence electrons. The van der Waals surface area contributed by atoms with Crippen molar-refractivity contribution in [2.45, 2.75) is 24.5 Å². The molecule has 1 heterocycles. The molecule has 2 N–H and O–H groups in total. The third-order valence-electron chi connectivity index (χ3n) is 3.14. The maximum absolute atomic E-state index is 10.9. The van der Waals surface area contributed by atoms with Crippen molar-refractivity contribution in [2.24, 2.45) is 5.73 Å². The number of nitrogens with zero attached hydrogens (tertiary/aromatic N) is 3. The molecule has 0 unspecified atom stereocenters. The molecule has 0 aliphatic heterocycles.